The van der Waals surface area contributed by atoms with E-state index in [4.69, 9.17) is 5.73 Å². The number of nitrogens with one attached hydrogen (secondary N) is 2. The first-order chi connectivity index (χ1) is 11.6. The maximum absolute atomic E-state index is 13.8. The number of hydrogen-bond donors (Lipinski definition) is 3. The number of carbonyl (C=O) groups excluding carboxylic acids is 1. The monoisotopic (exact) mass is 331 g/mol. The van der Waals surface area contributed by atoms with E-state index in [0.29, 0.717) is 30.5 Å². The Morgan fingerprint density at radius 1 is 1.46 bits per heavy atom. The van der Waals surface area contributed by atoms with Crippen molar-refractivity contribution in [3.8, 4) is 0 Å². The summed E-state index contributed by atoms with van der Waals surface area (Å²) in [6.45, 7) is 3.00. The average Bonchev–Trinajstić information content (AvgIpc) is 3.02. The van der Waals surface area contributed by atoms with Crippen LogP contribution < -0.4 is 11.1 Å². The zero-order chi connectivity index (χ0) is 16.9. The molecule has 7 heteroatoms. The zero-order valence-electron chi connectivity index (χ0n) is 13.5. The van der Waals surface area contributed by atoms with Gasteiger partial charge in [-0.1, -0.05) is 18.2 Å². The minimum absolute atomic E-state index is 0.162. The highest BCUT2D eigenvalue weighted by Crippen LogP contribution is 2.19. The zero-order valence-corrected chi connectivity index (χ0v) is 13.5. The fourth-order valence-electron chi connectivity index (χ4n) is 3.11. The van der Waals surface area contributed by atoms with Crippen molar-refractivity contribution in [2.24, 2.45) is 5.92 Å². The number of likely N-dealkylation sites (tertiary alicyclic amines) is 1. The highest BCUT2D eigenvalue weighted by Gasteiger charge is 2.21. The van der Waals surface area contributed by atoms with Crippen LogP contribution in [0.2, 0.25) is 0 Å². The first-order valence-electron chi connectivity index (χ1n) is 8.16. The number of H-pyrrole nitrogens is 1. The molecule has 4 N–H and O–H groups in total. The van der Waals surface area contributed by atoms with Gasteiger partial charge in [-0.05, 0) is 31.4 Å². The molecule has 2 heterocycles. The van der Waals surface area contributed by atoms with Gasteiger partial charge in [0, 0.05) is 31.3 Å². The van der Waals surface area contributed by atoms with Gasteiger partial charge < -0.3 is 11.1 Å². The van der Waals surface area contributed by atoms with Crippen molar-refractivity contribution < 1.29 is 9.18 Å². The summed E-state index contributed by atoms with van der Waals surface area (Å²) in [5, 5.41) is 9.26. The lowest BCUT2D eigenvalue weighted by atomic mass is 9.97. The second-order valence-electron chi connectivity index (χ2n) is 6.25. The molecule has 0 spiro atoms. The second-order valence-corrected chi connectivity index (χ2v) is 6.25. The van der Waals surface area contributed by atoms with E-state index in [-0.39, 0.29) is 11.7 Å². The number of nitrogens with zero attached hydrogens (tertiary/aromatic N) is 2. The summed E-state index contributed by atoms with van der Waals surface area (Å²) in [5.74, 6) is 0.291. The van der Waals surface area contributed by atoms with Crippen LogP contribution in [0.3, 0.4) is 0 Å². The maximum Gasteiger partial charge on any atom is 0.269 e. The smallest absolute Gasteiger partial charge is 0.269 e. The Balaban J connectivity index is 1.50. The molecule has 1 saturated heterocycles. The van der Waals surface area contributed by atoms with Crippen LogP contribution in [0.4, 0.5) is 10.2 Å². The number of amides is 1. The van der Waals surface area contributed by atoms with E-state index in [1.54, 1.807) is 6.07 Å². The molecule has 0 saturated carbocycles. The first-order valence-corrected chi connectivity index (χ1v) is 8.16. The largest absolute Gasteiger partial charge is 0.382 e. The molecule has 1 fully saturated rings. The van der Waals surface area contributed by atoms with Gasteiger partial charge in [0.1, 0.15) is 17.3 Å². The van der Waals surface area contributed by atoms with Crippen molar-refractivity contribution in [3.63, 3.8) is 0 Å². The summed E-state index contributed by atoms with van der Waals surface area (Å²) in [6.07, 6.45) is 2.10. The van der Waals surface area contributed by atoms with Crippen LogP contribution in [0.25, 0.3) is 0 Å². The highest BCUT2D eigenvalue weighted by atomic mass is 19.1. The van der Waals surface area contributed by atoms with E-state index in [9.17, 15) is 9.18 Å². The SMILES string of the molecule is Nc1cc(C(=O)NCC2CCCN(Cc3ccccc3F)C2)[nH]n1. The molecule has 1 aromatic heterocycles. The van der Waals surface area contributed by atoms with Gasteiger partial charge in [0.25, 0.3) is 5.91 Å². The Hall–Kier alpha value is -2.41. The van der Waals surface area contributed by atoms with E-state index in [1.165, 1.54) is 12.1 Å². The van der Waals surface area contributed by atoms with Gasteiger partial charge in [-0.2, -0.15) is 5.10 Å². The lowest BCUT2D eigenvalue weighted by Crippen LogP contribution is -2.40. The number of carbonyl (C=O) groups is 1. The topological polar surface area (TPSA) is 87.0 Å². The molecule has 24 heavy (non-hydrogen) atoms. The number of hydrogen-bond acceptors (Lipinski definition) is 4. The number of anilines is 1. The maximum atomic E-state index is 13.8. The predicted octanol–water partition coefficient (Wildman–Crippen LogP) is 1.77. The summed E-state index contributed by atoms with van der Waals surface area (Å²) in [6, 6.07) is 8.39. The Bertz CT molecular complexity index is 702. The van der Waals surface area contributed by atoms with Gasteiger partial charge in [0.05, 0.1) is 0 Å². The molecule has 1 amide bonds. The molecule has 1 aromatic carbocycles. The quantitative estimate of drug-likeness (QED) is 0.779. The number of aromatic nitrogens is 2. The standard InChI is InChI=1S/C17H22FN5O/c18-14-6-2-1-5-13(14)11-23-7-3-4-12(10-23)9-20-17(24)15-8-16(19)22-21-15/h1-2,5-6,8,12H,3-4,7,9-11H2,(H,20,24)(H3,19,21,22). The van der Waals surface area contributed by atoms with Crippen molar-refractivity contribution in [3.05, 3.63) is 47.4 Å². The Labute approximate surface area is 140 Å². The molecule has 1 unspecified atom stereocenters. The number of nitrogen functional groups attached to an aromatic ring is 1. The molecule has 6 nitrogen and oxygen atoms in total. The number of benzene rings is 1. The molecule has 2 aromatic rings. The van der Waals surface area contributed by atoms with Gasteiger partial charge in [-0.3, -0.25) is 14.8 Å². The Morgan fingerprint density at radius 2 is 2.29 bits per heavy atom. The number of nitrogens with two attached hydrogens (primary N) is 1. The van der Waals surface area contributed by atoms with Gasteiger partial charge in [-0.15, -0.1) is 0 Å². The van der Waals surface area contributed by atoms with E-state index in [1.807, 2.05) is 12.1 Å². The van der Waals surface area contributed by atoms with Gasteiger partial charge in [-0.25, -0.2) is 4.39 Å². The molecule has 3 rings (SSSR count). The molecule has 128 valence electrons. The third-order valence-electron chi connectivity index (χ3n) is 4.35. The minimum atomic E-state index is -0.203. The minimum Gasteiger partial charge on any atom is -0.382 e. The van der Waals surface area contributed by atoms with Gasteiger partial charge in [0.15, 0.2) is 0 Å². The van der Waals surface area contributed by atoms with Crippen molar-refractivity contribution in [1.29, 1.82) is 0 Å². The van der Waals surface area contributed by atoms with Crippen LogP contribution in [0.15, 0.2) is 30.3 Å². The molecule has 0 radical (unpaired) electrons. The normalized spacial score (nSPS) is 18.5. The number of rotatable bonds is 5. The van der Waals surface area contributed by atoms with E-state index in [0.717, 1.165) is 31.5 Å². The van der Waals surface area contributed by atoms with Crippen molar-refractivity contribution >= 4 is 11.7 Å². The summed E-state index contributed by atoms with van der Waals surface area (Å²) in [4.78, 5) is 14.3. The number of aromatic amines is 1. The molecule has 1 aliphatic heterocycles. The van der Waals surface area contributed by atoms with Crippen molar-refractivity contribution in [2.45, 2.75) is 19.4 Å². The summed E-state index contributed by atoms with van der Waals surface area (Å²) in [7, 11) is 0. The lowest BCUT2D eigenvalue weighted by molar-refractivity contribution is 0.0925. The van der Waals surface area contributed by atoms with E-state index < -0.39 is 0 Å². The molecule has 1 aliphatic rings. The highest BCUT2D eigenvalue weighted by molar-refractivity contribution is 5.92. The second kappa shape index (κ2) is 7.44. The summed E-state index contributed by atoms with van der Waals surface area (Å²) >= 11 is 0. The third kappa shape index (κ3) is 4.11. The van der Waals surface area contributed by atoms with Crippen LogP contribution in [0, 0.1) is 11.7 Å². The summed E-state index contributed by atoms with van der Waals surface area (Å²) in [5.41, 5.74) is 6.58. The third-order valence-corrected chi connectivity index (χ3v) is 4.35. The Morgan fingerprint density at radius 3 is 3.04 bits per heavy atom. The molecule has 0 aliphatic carbocycles. The van der Waals surface area contributed by atoms with Crippen molar-refractivity contribution in [1.82, 2.24) is 20.4 Å². The predicted molar refractivity (Wildman–Crippen MR) is 89.7 cm³/mol. The summed E-state index contributed by atoms with van der Waals surface area (Å²) < 4.78 is 13.8. The molecular weight excluding hydrogens is 309 g/mol. The van der Waals surface area contributed by atoms with Gasteiger partial charge in [0.2, 0.25) is 0 Å². The van der Waals surface area contributed by atoms with Crippen LogP contribution >= 0.6 is 0 Å². The first kappa shape index (κ1) is 16.4. The van der Waals surface area contributed by atoms with Crippen molar-refractivity contribution in [2.75, 3.05) is 25.4 Å². The van der Waals surface area contributed by atoms with Crippen LogP contribution in [-0.4, -0.2) is 40.6 Å². The molecular formula is C17H22FN5O. The number of halogens is 1. The van der Waals surface area contributed by atoms with Gasteiger partial charge >= 0.3 is 0 Å². The van der Waals surface area contributed by atoms with E-state index >= 15 is 0 Å². The lowest BCUT2D eigenvalue weighted by Gasteiger charge is -2.32. The van der Waals surface area contributed by atoms with Crippen LogP contribution in [0.1, 0.15) is 28.9 Å². The molecule has 0 bridgehead atoms. The Kier molecular flexibility index (Phi) is 5.10. The van der Waals surface area contributed by atoms with Crippen LogP contribution in [-0.2, 0) is 6.54 Å². The fourth-order valence-corrected chi connectivity index (χ4v) is 3.11. The van der Waals surface area contributed by atoms with Crippen LogP contribution in [0.5, 0.6) is 0 Å². The number of piperidine rings is 1. The molecule has 1 atom stereocenters. The average molecular weight is 331 g/mol. The fraction of sp³-hybridized carbons (Fsp3) is 0.412. The van der Waals surface area contributed by atoms with E-state index in [2.05, 4.69) is 20.4 Å².